The molecule has 56 valence electrons. The Kier molecular flexibility index (Phi) is 1.47. The summed E-state index contributed by atoms with van der Waals surface area (Å²) in [6.45, 7) is 2.22. The van der Waals surface area contributed by atoms with Crippen LogP contribution in [0.2, 0.25) is 0 Å². The molecule has 0 bridgehead atoms. The molecule has 10 heavy (non-hydrogen) atoms. The average molecular weight is 141 g/mol. The predicted molar refractivity (Wildman–Crippen MR) is 35.7 cm³/mol. The quantitative estimate of drug-likeness (QED) is 0.497. The van der Waals surface area contributed by atoms with Crippen molar-refractivity contribution in [3.05, 3.63) is 0 Å². The number of Topliss-reactive ketones (excluding diaryl/α,β-unsaturated/α-hetero) is 1. The van der Waals surface area contributed by atoms with E-state index in [1.54, 1.807) is 0 Å². The van der Waals surface area contributed by atoms with Crippen LogP contribution in [0, 0.1) is 5.92 Å². The van der Waals surface area contributed by atoms with Gasteiger partial charge < -0.3 is 10.1 Å². The van der Waals surface area contributed by atoms with Crippen LogP contribution in [0.25, 0.3) is 0 Å². The molecule has 3 heteroatoms. The fourth-order valence-electron chi connectivity index (χ4n) is 1.66. The van der Waals surface area contributed by atoms with Gasteiger partial charge in [0.25, 0.3) is 0 Å². The van der Waals surface area contributed by atoms with Gasteiger partial charge in [0.15, 0.2) is 5.78 Å². The molecule has 3 nitrogen and oxygen atoms in total. The van der Waals surface area contributed by atoms with E-state index in [1.165, 1.54) is 0 Å². The Morgan fingerprint density at radius 2 is 2.40 bits per heavy atom. The van der Waals surface area contributed by atoms with Gasteiger partial charge >= 0.3 is 0 Å². The topological polar surface area (TPSA) is 38.3 Å². The number of carbonyl (C=O) groups is 1. The molecular formula is C7H11NO2. The lowest BCUT2D eigenvalue weighted by atomic mass is 9.97. The summed E-state index contributed by atoms with van der Waals surface area (Å²) in [4.78, 5) is 10.9. The van der Waals surface area contributed by atoms with Crippen molar-refractivity contribution in [2.24, 2.45) is 5.92 Å². The van der Waals surface area contributed by atoms with Crippen molar-refractivity contribution in [2.45, 2.75) is 12.5 Å². The van der Waals surface area contributed by atoms with Gasteiger partial charge in [0.2, 0.25) is 0 Å². The third-order valence-corrected chi connectivity index (χ3v) is 2.23. The van der Waals surface area contributed by atoms with Gasteiger partial charge in [-0.3, -0.25) is 4.79 Å². The monoisotopic (exact) mass is 141 g/mol. The number of rotatable bonds is 0. The number of hydrogen-bond acceptors (Lipinski definition) is 3. The predicted octanol–water partition coefficient (Wildman–Crippen LogP) is -0.436. The largest absolute Gasteiger partial charge is 0.369 e. The van der Waals surface area contributed by atoms with Gasteiger partial charge in [0.05, 0.1) is 6.10 Å². The number of ketones is 1. The van der Waals surface area contributed by atoms with Crippen LogP contribution in [-0.2, 0) is 9.53 Å². The van der Waals surface area contributed by atoms with Gasteiger partial charge in [0, 0.05) is 25.4 Å². The van der Waals surface area contributed by atoms with Crippen LogP contribution < -0.4 is 5.32 Å². The molecule has 2 aliphatic heterocycles. The highest BCUT2D eigenvalue weighted by molar-refractivity contribution is 5.80. The number of carbonyl (C=O) groups excluding carboxylic acids is 1. The van der Waals surface area contributed by atoms with E-state index in [4.69, 9.17) is 4.74 Å². The van der Waals surface area contributed by atoms with Crippen LogP contribution in [0.3, 0.4) is 0 Å². The fraction of sp³-hybridized carbons (Fsp3) is 0.857. The first-order chi connectivity index (χ1) is 4.86. The SMILES string of the molecule is O=C1COC2CNCC2C1. The fourth-order valence-corrected chi connectivity index (χ4v) is 1.66. The summed E-state index contributed by atoms with van der Waals surface area (Å²) >= 11 is 0. The van der Waals surface area contributed by atoms with Gasteiger partial charge in [0.1, 0.15) is 6.61 Å². The molecule has 2 heterocycles. The highest BCUT2D eigenvalue weighted by atomic mass is 16.5. The minimum atomic E-state index is 0.255. The van der Waals surface area contributed by atoms with Crippen LogP contribution >= 0.6 is 0 Å². The minimum absolute atomic E-state index is 0.255. The van der Waals surface area contributed by atoms with Crippen LogP contribution in [-0.4, -0.2) is 31.6 Å². The molecule has 0 aromatic rings. The Bertz CT molecular complexity index is 158. The lowest BCUT2D eigenvalue weighted by molar-refractivity contribution is -0.133. The standard InChI is InChI=1S/C7H11NO2/c9-6-1-5-2-8-3-7(5)10-4-6/h5,7-8H,1-4H2. The first kappa shape index (κ1) is 6.31. The molecule has 2 fully saturated rings. The zero-order valence-electron chi connectivity index (χ0n) is 5.80. The molecule has 2 rings (SSSR count). The Balaban J connectivity index is 2.03. The summed E-state index contributed by atoms with van der Waals surface area (Å²) in [5.74, 6) is 0.714. The number of fused-ring (bicyclic) bond motifs is 1. The van der Waals surface area contributed by atoms with Gasteiger partial charge in [-0.15, -0.1) is 0 Å². The molecule has 2 atom stereocenters. The molecule has 1 N–H and O–H groups in total. The Labute approximate surface area is 59.7 Å². The smallest absolute Gasteiger partial charge is 0.158 e. The van der Waals surface area contributed by atoms with Crippen LogP contribution in [0.15, 0.2) is 0 Å². The van der Waals surface area contributed by atoms with Crippen molar-refractivity contribution in [1.29, 1.82) is 0 Å². The second kappa shape index (κ2) is 2.32. The Morgan fingerprint density at radius 3 is 3.30 bits per heavy atom. The van der Waals surface area contributed by atoms with Crippen LogP contribution in [0.1, 0.15) is 6.42 Å². The normalized spacial score (nSPS) is 39.8. The van der Waals surface area contributed by atoms with Crippen LogP contribution in [0.5, 0.6) is 0 Å². The van der Waals surface area contributed by atoms with Crippen molar-refractivity contribution < 1.29 is 9.53 Å². The van der Waals surface area contributed by atoms with Gasteiger partial charge in [-0.25, -0.2) is 0 Å². The molecule has 0 amide bonds. The van der Waals surface area contributed by atoms with Gasteiger partial charge in [-0.2, -0.15) is 0 Å². The third kappa shape index (κ3) is 0.954. The van der Waals surface area contributed by atoms with Crippen molar-refractivity contribution in [3.63, 3.8) is 0 Å². The number of ether oxygens (including phenoxy) is 1. The van der Waals surface area contributed by atoms with E-state index in [0.29, 0.717) is 18.6 Å². The Morgan fingerprint density at radius 1 is 1.50 bits per heavy atom. The third-order valence-electron chi connectivity index (χ3n) is 2.23. The average Bonchev–Trinajstić information content (AvgIpc) is 2.33. The lowest BCUT2D eigenvalue weighted by Crippen LogP contribution is -2.33. The van der Waals surface area contributed by atoms with E-state index in [-0.39, 0.29) is 5.78 Å². The molecule has 0 aromatic heterocycles. The summed E-state index contributed by atoms with van der Waals surface area (Å²) < 4.78 is 5.30. The highest BCUT2D eigenvalue weighted by Crippen LogP contribution is 2.21. The molecule has 0 spiro atoms. The number of nitrogens with one attached hydrogen (secondary N) is 1. The molecule has 0 radical (unpaired) electrons. The van der Waals surface area contributed by atoms with Gasteiger partial charge in [-0.05, 0) is 0 Å². The molecular weight excluding hydrogens is 130 g/mol. The van der Waals surface area contributed by atoms with Crippen molar-refractivity contribution in [1.82, 2.24) is 5.32 Å². The van der Waals surface area contributed by atoms with Crippen molar-refractivity contribution in [2.75, 3.05) is 19.7 Å². The molecule has 2 aliphatic rings. The maximum atomic E-state index is 10.9. The van der Waals surface area contributed by atoms with E-state index >= 15 is 0 Å². The zero-order valence-corrected chi connectivity index (χ0v) is 5.80. The van der Waals surface area contributed by atoms with Crippen molar-refractivity contribution in [3.8, 4) is 0 Å². The maximum Gasteiger partial charge on any atom is 0.158 e. The molecule has 2 unspecified atom stereocenters. The maximum absolute atomic E-state index is 10.9. The first-order valence-electron chi connectivity index (χ1n) is 3.70. The Hall–Kier alpha value is -0.410. The van der Waals surface area contributed by atoms with Crippen molar-refractivity contribution >= 4 is 5.78 Å². The van der Waals surface area contributed by atoms with E-state index < -0.39 is 0 Å². The second-order valence-corrected chi connectivity index (χ2v) is 3.01. The van der Waals surface area contributed by atoms with E-state index in [0.717, 1.165) is 19.5 Å². The molecule has 0 aromatic carbocycles. The zero-order chi connectivity index (χ0) is 6.97. The summed E-state index contributed by atoms with van der Waals surface area (Å²) in [6, 6.07) is 0. The summed E-state index contributed by atoms with van der Waals surface area (Å²) in [5, 5.41) is 3.21. The molecule has 0 saturated carbocycles. The van der Waals surface area contributed by atoms with E-state index in [2.05, 4.69) is 5.32 Å². The first-order valence-corrected chi connectivity index (χ1v) is 3.70. The van der Waals surface area contributed by atoms with Crippen LogP contribution in [0.4, 0.5) is 0 Å². The summed E-state index contributed by atoms with van der Waals surface area (Å²) in [7, 11) is 0. The summed E-state index contributed by atoms with van der Waals surface area (Å²) in [6.07, 6.45) is 1.04. The molecule has 0 aliphatic carbocycles. The lowest BCUT2D eigenvalue weighted by Gasteiger charge is -2.23. The van der Waals surface area contributed by atoms with Gasteiger partial charge in [-0.1, -0.05) is 0 Å². The minimum Gasteiger partial charge on any atom is -0.369 e. The summed E-state index contributed by atoms with van der Waals surface area (Å²) in [5.41, 5.74) is 0. The van der Waals surface area contributed by atoms with E-state index in [1.807, 2.05) is 0 Å². The molecule has 2 saturated heterocycles. The number of hydrogen-bond donors (Lipinski definition) is 1. The second-order valence-electron chi connectivity index (χ2n) is 3.01. The van der Waals surface area contributed by atoms with E-state index in [9.17, 15) is 4.79 Å². The highest BCUT2D eigenvalue weighted by Gasteiger charge is 2.33.